The lowest BCUT2D eigenvalue weighted by molar-refractivity contribution is 0.102. The average molecular weight is 441 g/mol. The fourth-order valence-corrected chi connectivity index (χ4v) is 4.02. The van der Waals surface area contributed by atoms with Crippen LogP contribution >= 0.6 is 0 Å². The molecule has 0 radical (unpaired) electrons. The molecule has 0 aliphatic heterocycles. The number of benzene rings is 3. The number of hydrogen-bond acceptors (Lipinski definition) is 3. The maximum atomic E-state index is 13.1. The molecule has 0 fully saturated rings. The molecule has 4 aromatic rings. The molecule has 0 spiro atoms. The van der Waals surface area contributed by atoms with Gasteiger partial charge in [0.05, 0.1) is 22.4 Å². The van der Waals surface area contributed by atoms with E-state index in [-0.39, 0.29) is 11.3 Å². The van der Waals surface area contributed by atoms with Crippen molar-refractivity contribution in [3.63, 3.8) is 0 Å². The molecule has 3 aromatic carbocycles. The third-order valence-electron chi connectivity index (χ3n) is 6.01. The fourth-order valence-electron chi connectivity index (χ4n) is 4.02. The van der Waals surface area contributed by atoms with Gasteiger partial charge in [-0.25, -0.2) is 4.98 Å². The monoisotopic (exact) mass is 440 g/mol. The first-order chi connectivity index (χ1) is 15.8. The molecule has 0 bridgehead atoms. The molecule has 4 rings (SSSR count). The predicted molar refractivity (Wildman–Crippen MR) is 138 cm³/mol. The van der Waals surface area contributed by atoms with E-state index in [0.29, 0.717) is 5.56 Å². The van der Waals surface area contributed by atoms with Crippen molar-refractivity contribution in [3.8, 4) is 11.4 Å². The third-order valence-corrected chi connectivity index (χ3v) is 6.01. The van der Waals surface area contributed by atoms with Crippen LogP contribution in [0.5, 0.6) is 0 Å². The van der Waals surface area contributed by atoms with Crippen molar-refractivity contribution in [2.45, 2.75) is 40.0 Å². The maximum absolute atomic E-state index is 13.1. The number of aromatic nitrogens is 2. The van der Waals surface area contributed by atoms with E-state index in [1.165, 1.54) is 5.56 Å². The summed E-state index contributed by atoms with van der Waals surface area (Å²) in [6.45, 7) is 12.4. The van der Waals surface area contributed by atoms with Gasteiger partial charge in [-0.1, -0.05) is 63.2 Å². The Morgan fingerprint density at radius 3 is 2.24 bits per heavy atom. The summed E-state index contributed by atoms with van der Waals surface area (Å²) in [5.74, 6) is 0.694. The van der Waals surface area contributed by atoms with Crippen molar-refractivity contribution in [2.24, 2.45) is 0 Å². The van der Waals surface area contributed by atoms with Crippen molar-refractivity contribution in [2.75, 3.05) is 23.3 Å². The van der Waals surface area contributed by atoms with E-state index < -0.39 is 0 Å². The molecule has 1 heterocycles. The van der Waals surface area contributed by atoms with Gasteiger partial charge in [0, 0.05) is 24.2 Å². The highest BCUT2D eigenvalue weighted by Gasteiger charge is 2.18. The van der Waals surface area contributed by atoms with E-state index in [4.69, 9.17) is 4.98 Å². The van der Waals surface area contributed by atoms with E-state index in [0.717, 1.165) is 46.9 Å². The summed E-state index contributed by atoms with van der Waals surface area (Å²) in [6.07, 6.45) is 0. The zero-order valence-electron chi connectivity index (χ0n) is 20.1. The van der Waals surface area contributed by atoms with Gasteiger partial charge in [-0.3, -0.25) is 4.79 Å². The van der Waals surface area contributed by atoms with Crippen LogP contribution in [0.25, 0.3) is 22.4 Å². The number of imidazole rings is 1. The van der Waals surface area contributed by atoms with Gasteiger partial charge < -0.3 is 15.2 Å². The standard InChI is InChI=1S/C28H32N4O/c1-6-32(7-2)25-18-23-22(29-26(30-23)19-11-9-8-10-12-19)17-24(25)31-27(33)20-13-15-21(16-14-20)28(3,4)5/h8-18H,6-7H2,1-5H3,(H,29,30)(H,31,33). The van der Waals surface area contributed by atoms with Crippen LogP contribution in [0, 0.1) is 0 Å². The van der Waals surface area contributed by atoms with E-state index in [9.17, 15) is 4.79 Å². The largest absolute Gasteiger partial charge is 0.370 e. The Hall–Kier alpha value is -3.60. The smallest absolute Gasteiger partial charge is 0.255 e. The van der Waals surface area contributed by atoms with E-state index >= 15 is 0 Å². The predicted octanol–water partition coefficient (Wildman–Crippen LogP) is 6.63. The first-order valence-electron chi connectivity index (χ1n) is 11.6. The molecule has 0 saturated carbocycles. The first-order valence-corrected chi connectivity index (χ1v) is 11.6. The van der Waals surface area contributed by atoms with Crippen LogP contribution in [0.4, 0.5) is 11.4 Å². The summed E-state index contributed by atoms with van der Waals surface area (Å²) in [5, 5.41) is 3.14. The van der Waals surface area contributed by atoms with Crippen molar-refractivity contribution < 1.29 is 4.79 Å². The minimum absolute atomic E-state index is 0.0480. The fraction of sp³-hybridized carbons (Fsp3) is 0.286. The van der Waals surface area contributed by atoms with Crippen LogP contribution in [0.3, 0.4) is 0 Å². The number of aromatic amines is 1. The molecule has 5 nitrogen and oxygen atoms in total. The Kier molecular flexibility index (Phi) is 6.23. The van der Waals surface area contributed by atoms with E-state index in [2.05, 4.69) is 55.9 Å². The third kappa shape index (κ3) is 4.77. The zero-order chi connectivity index (χ0) is 23.6. The zero-order valence-corrected chi connectivity index (χ0v) is 20.1. The Bertz CT molecular complexity index is 1250. The number of fused-ring (bicyclic) bond motifs is 1. The molecule has 0 saturated heterocycles. The van der Waals surface area contributed by atoms with Crippen LogP contribution in [0.1, 0.15) is 50.5 Å². The van der Waals surface area contributed by atoms with Crippen molar-refractivity contribution in [1.29, 1.82) is 0 Å². The van der Waals surface area contributed by atoms with Gasteiger partial charge in [0.1, 0.15) is 5.82 Å². The Morgan fingerprint density at radius 1 is 0.970 bits per heavy atom. The minimum Gasteiger partial charge on any atom is -0.370 e. The number of carbonyl (C=O) groups is 1. The quantitative estimate of drug-likeness (QED) is 0.354. The molecule has 1 amide bonds. The van der Waals surface area contributed by atoms with Gasteiger partial charge in [-0.15, -0.1) is 0 Å². The molecule has 2 N–H and O–H groups in total. The number of anilines is 2. The lowest BCUT2D eigenvalue weighted by Crippen LogP contribution is -2.24. The summed E-state index contributed by atoms with van der Waals surface area (Å²) in [7, 11) is 0. The second-order valence-electron chi connectivity index (χ2n) is 9.29. The topological polar surface area (TPSA) is 61.0 Å². The van der Waals surface area contributed by atoms with Crippen LogP contribution in [-0.4, -0.2) is 29.0 Å². The van der Waals surface area contributed by atoms with Gasteiger partial charge in [0.2, 0.25) is 0 Å². The second-order valence-corrected chi connectivity index (χ2v) is 9.29. The average Bonchev–Trinajstić information content (AvgIpc) is 3.23. The lowest BCUT2D eigenvalue weighted by Gasteiger charge is -2.24. The van der Waals surface area contributed by atoms with Crippen LogP contribution in [0.15, 0.2) is 66.7 Å². The second kappa shape index (κ2) is 9.10. The number of carbonyl (C=O) groups excluding carboxylic acids is 1. The molecular formula is C28H32N4O. The Balaban J connectivity index is 1.71. The number of amides is 1. The molecule has 170 valence electrons. The van der Waals surface area contributed by atoms with Gasteiger partial charge in [0.25, 0.3) is 5.91 Å². The Labute approximate surface area is 195 Å². The number of H-pyrrole nitrogens is 1. The number of rotatable bonds is 6. The van der Waals surface area contributed by atoms with Crippen LogP contribution in [-0.2, 0) is 5.41 Å². The van der Waals surface area contributed by atoms with Crippen molar-refractivity contribution in [3.05, 3.63) is 77.9 Å². The van der Waals surface area contributed by atoms with Crippen LogP contribution < -0.4 is 10.2 Å². The summed E-state index contributed by atoms with van der Waals surface area (Å²) in [4.78, 5) is 23.6. The molecule has 0 aliphatic carbocycles. The molecule has 0 aliphatic rings. The molecule has 0 unspecified atom stereocenters. The summed E-state index contributed by atoms with van der Waals surface area (Å²) in [5.41, 5.74) is 6.44. The lowest BCUT2D eigenvalue weighted by atomic mass is 9.87. The maximum Gasteiger partial charge on any atom is 0.255 e. The van der Waals surface area contributed by atoms with Gasteiger partial charge in [-0.2, -0.15) is 0 Å². The summed E-state index contributed by atoms with van der Waals surface area (Å²) >= 11 is 0. The summed E-state index contributed by atoms with van der Waals surface area (Å²) in [6, 6.07) is 22.0. The molecular weight excluding hydrogens is 408 g/mol. The minimum atomic E-state index is -0.123. The van der Waals surface area contributed by atoms with E-state index in [1.54, 1.807) is 0 Å². The van der Waals surface area contributed by atoms with Gasteiger partial charge in [-0.05, 0) is 49.1 Å². The number of nitrogens with one attached hydrogen (secondary N) is 2. The molecule has 33 heavy (non-hydrogen) atoms. The van der Waals surface area contributed by atoms with Gasteiger partial charge in [0.15, 0.2) is 0 Å². The molecule has 5 heteroatoms. The Morgan fingerprint density at radius 2 is 1.64 bits per heavy atom. The normalized spacial score (nSPS) is 11.5. The number of hydrogen-bond donors (Lipinski definition) is 2. The van der Waals surface area contributed by atoms with Crippen LogP contribution in [0.2, 0.25) is 0 Å². The SMILES string of the molecule is CCN(CC)c1cc2[nH]c(-c3ccccc3)nc2cc1NC(=O)c1ccc(C(C)(C)C)cc1. The highest BCUT2D eigenvalue weighted by Crippen LogP contribution is 2.33. The highest BCUT2D eigenvalue weighted by atomic mass is 16.1. The molecule has 0 atom stereocenters. The van der Waals surface area contributed by atoms with Crippen molar-refractivity contribution in [1.82, 2.24) is 9.97 Å². The highest BCUT2D eigenvalue weighted by molar-refractivity contribution is 6.07. The number of nitrogens with zero attached hydrogens (tertiary/aromatic N) is 2. The first kappa shape index (κ1) is 22.6. The summed E-state index contributed by atoms with van der Waals surface area (Å²) < 4.78 is 0. The molecule has 1 aromatic heterocycles. The van der Waals surface area contributed by atoms with Gasteiger partial charge >= 0.3 is 0 Å². The van der Waals surface area contributed by atoms with E-state index in [1.807, 2.05) is 60.7 Å². The van der Waals surface area contributed by atoms with Crippen molar-refractivity contribution >= 4 is 28.3 Å².